The quantitative estimate of drug-likeness (QED) is 0.774. The lowest BCUT2D eigenvalue weighted by Gasteiger charge is -2.16. The number of aromatic nitrogens is 1. The summed E-state index contributed by atoms with van der Waals surface area (Å²) in [5, 5.41) is 11.7. The van der Waals surface area contributed by atoms with Crippen molar-refractivity contribution in [2.45, 2.75) is 32.4 Å². The number of esters is 1. The van der Waals surface area contributed by atoms with Crippen molar-refractivity contribution in [1.82, 2.24) is 9.88 Å². The van der Waals surface area contributed by atoms with Crippen LogP contribution in [0.3, 0.4) is 0 Å². The number of carboxylic acids is 1. The molecule has 0 unspecified atom stereocenters. The van der Waals surface area contributed by atoms with E-state index < -0.39 is 30.3 Å². The molecule has 0 radical (unpaired) electrons. The summed E-state index contributed by atoms with van der Waals surface area (Å²) in [4.78, 5) is 34.4. The van der Waals surface area contributed by atoms with Crippen LogP contribution in [-0.4, -0.2) is 40.7 Å². The van der Waals surface area contributed by atoms with Gasteiger partial charge in [0.1, 0.15) is 11.7 Å². The van der Waals surface area contributed by atoms with Crippen LogP contribution < -0.4 is 5.32 Å². The Kier molecular flexibility index (Phi) is 5.78. The van der Waals surface area contributed by atoms with Gasteiger partial charge < -0.3 is 19.7 Å². The minimum atomic E-state index is -1.36. The van der Waals surface area contributed by atoms with Crippen LogP contribution in [0.15, 0.2) is 12.3 Å². The van der Waals surface area contributed by atoms with E-state index in [1.807, 2.05) is 13.8 Å². The Balaban J connectivity index is 2.92. The third-order valence-corrected chi connectivity index (χ3v) is 3.01. The Labute approximate surface area is 126 Å². The highest BCUT2D eigenvalue weighted by atomic mass is 35.5. The highest BCUT2D eigenvalue weighted by molar-refractivity contribution is 6.31. The topological polar surface area (TPSA) is 97.6 Å². The van der Waals surface area contributed by atoms with Crippen molar-refractivity contribution in [3.63, 3.8) is 0 Å². The fraction of sp³-hybridized carbons (Fsp3) is 0.462. The number of nitrogens with one attached hydrogen (secondary N) is 1. The summed E-state index contributed by atoms with van der Waals surface area (Å²) < 4.78 is 6.02. The van der Waals surface area contributed by atoms with E-state index in [1.165, 1.54) is 6.07 Å². The van der Waals surface area contributed by atoms with Gasteiger partial charge in [0.15, 0.2) is 0 Å². The second-order valence-electron chi connectivity index (χ2n) is 4.69. The second kappa shape index (κ2) is 7.12. The Bertz CT molecular complexity index is 553. The molecule has 1 aromatic rings. The normalized spacial score (nSPS) is 12.0. The van der Waals surface area contributed by atoms with Crippen LogP contribution in [0.2, 0.25) is 5.02 Å². The minimum absolute atomic E-state index is 0.0258. The van der Waals surface area contributed by atoms with Crippen LogP contribution in [0, 0.1) is 0 Å². The van der Waals surface area contributed by atoms with Gasteiger partial charge in [-0.1, -0.05) is 11.6 Å². The number of hydrogen-bond donors (Lipinski definition) is 2. The van der Waals surface area contributed by atoms with Crippen LogP contribution in [0.25, 0.3) is 0 Å². The lowest BCUT2D eigenvalue weighted by Crippen LogP contribution is -2.43. The Morgan fingerprint density at radius 2 is 2.05 bits per heavy atom. The summed E-state index contributed by atoms with van der Waals surface area (Å²) in [5.74, 6) is -2.66. The predicted octanol–water partition coefficient (Wildman–Crippen LogP) is 1.47. The van der Waals surface area contributed by atoms with Gasteiger partial charge in [0.2, 0.25) is 0 Å². The first-order valence-corrected chi connectivity index (χ1v) is 6.62. The summed E-state index contributed by atoms with van der Waals surface area (Å²) in [5.41, 5.74) is 0.228. The Morgan fingerprint density at radius 3 is 2.52 bits per heavy atom. The van der Waals surface area contributed by atoms with Crippen molar-refractivity contribution in [2.75, 3.05) is 7.11 Å². The second-order valence-corrected chi connectivity index (χ2v) is 5.13. The first-order valence-electron chi connectivity index (χ1n) is 6.24. The molecule has 0 aliphatic carbocycles. The number of carbonyl (C=O) groups is 3. The first kappa shape index (κ1) is 17.0. The maximum absolute atomic E-state index is 12.2. The fourth-order valence-electron chi connectivity index (χ4n) is 1.74. The molecule has 0 fully saturated rings. The number of amides is 1. The molecule has 0 saturated carbocycles. The number of ether oxygens (including phenoxy) is 1. The van der Waals surface area contributed by atoms with Crippen molar-refractivity contribution in [1.29, 1.82) is 0 Å². The maximum Gasteiger partial charge on any atom is 0.326 e. The van der Waals surface area contributed by atoms with Gasteiger partial charge in [-0.25, -0.2) is 4.79 Å². The van der Waals surface area contributed by atoms with Gasteiger partial charge in [-0.2, -0.15) is 0 Å². The molecule has 2 N–H and O–H groups in total. The van der Waals surface area contributed by atoms with Crippen molar-refractivity contribution >= 4 is 29.4 Å². The zero-order chi connectivity index (χ0) is 16.2. The van der Waals surface area contributed by atoms with E-state index in [4.69, 9.17) is 16.7 Å². The van der Waals surface area contributed by atoms with E-state index in [2.05, 4.69) is 10.1 Å². The molecule has 0 aliphatic rings. The Hall–Kier alpha value is -2.02. The number of hydrogen-bond acceptors (Lipinski definition) is 4. The van der Waals surface area contributed by atoms with Gasteiger partial charge in [0.25, 0.3) is 5.91 Å². The molecule has 1 rings (SSSR count). The number of rotatable bonds is 6. The SMILES string of the molecule is COC(=O)C[C@H](NC(=O)c1cc(Cl)cn1C(C)C)C(=O)O. The van der Waals surface area contributed by atoms with Crippen LogP contribution >= 0.6 is 11.6 Å². The van der Waals surface area contributed by atoms with E-state index in [0.29, 0.717) is 5.02 Å². The van der Waals surface area contributed by atoms with Gasteiger partial charge in [0.05, 0.1) is 18.6 Å². The summed E-state index contributed by atoms with van der Waals surface area (Å²) >= 11 is 5.87. The number of carboxylic acid groups (broad SMARTS) is 1. The minimum Gasteiger partial charge on any atom is -0.480 e. The summed E-state index contributed by atoms with van der Waals surface area (Å²) in [6, 6.07) is 0.0508. The average molecular weight is 317 g/mol. The van der Waals surface area contributed by atoms with E-state index in [1.54, 1.807) is 10.8 Å². The van der Waals surface area contributed by atoms with E-state index in [0.717, 1.165) is 7.11 Å². The molecule has 116 valence electrons. The summed E-state index contributed by atoms with van der Waals surface area (Å²) in [6.07, 6.45) is 1.13. The lowest BCUT2D eigenvalue weighted by molar-refractivity contribution is -0.147. The Morgan fingerprint density at radius 1 is 1.43 bits per heavy atom. The highest BCUT2D eigenvalue weighted by Crippen LogP contribution is 2.19. The van der Waals surface area contributed by atoms with E-state index in [9.17, 15) is 14.4 Å². The number of carbonyl (C=O) groups excluding carboxylic acids is 2. The largest absolute Gasteiger partial charge is 0.480 e. The third-order valence-electron chi connectivity index (χ3n) is 2.81. The van der Waals surface area contributed by atoms with Crippen molar-refractivity contribution in [3.05, 3.63) is 23.0 Å². The summed E-state index contributed by atoms with van der Waals surface area (Å²) in [7, 11) is 1.15. The van der Waals surface area contributed by atoms with Crippen molar-refractivity contribution in [3.8, 4) is 0 Å². The predicted molar refractivity (Wildman–Crippen MR) is 75.4 cm³/mol. The van der Waals surface area contributed by atoms with Crippen LogP contribution in [-0.2, 0) is 14.3 Å². The standard InChI is InChI=1S/C13H17ClN2O5/c1-7(2)16-6-8(14)4-10(16)12(18)15-9(13(19)20)5-11(17)21-3/h4,6-7,9H,5H2,1-3H3,(H,15,18)(H,19,20)/t9-/m0/s1. The first-order chi connectivity index (χ1) is 9.76. The number of nitrogens with zero attached hydrogens (tertiary/aromatic N) is 1. The van der Waals surface area contributed by atoms with E-state index >= 15 is 0 Å². The van der Waals surface area contributed by atoms with Crippen LogP contribution in [0.4, 0.5) is 0 Å². The number of aliphatic carboxylic acids is 1. The molecule has 0 bridgehead atoms. The molecule has 1 amide bonds. The molecule has 7 nitrogen and oxygen atoms in total. The number of halogens is 1. The van der Waals surface area contributed by atoms with Crippen LogP contribution in [0.5, 0.6) is 0 Å². The van der Waals surface area contributed by atoms with Gasteiger partial charge in [-0.3, -0.25) is 9.59 Å². The molecule has 0 saturated heterocycles. The molecule has 0 spiro atoms. The smallest absolute Gasteiger partial charge is 0.326 e. The van der Waals surface area contributed by atoms with Crippen LogP contribution in [0.1, 0.15) is 36.8 Å². The van der Waals surface area contributed by atoms with Gasteiger partial charge in [0, 0.05) is 12.2 Å². The molecule has 1 atom stereocenters. The zero-order valence-corrected chi connectivity index (χ0v) is 12.7. The highest BCUT2D eigenvalue weighted by Gasteiger charge is 2.26. The number of methoxy groups -OCH3 is 1. The molecule has 1 aromatic heterocycles. The van der Waals surface area contributed by atoms with Gasteiger partial charge in [-0.05, 0) is 19.9 Å². The molecular weight excluding hydrogens is 300 g/mol. The lowest BCUT2D eigenvalue weighted by atomic mass is 10.2. The molecule has 21 heavy (non-hydrogen) atoms. The van der Waals surface area contributed by atoms with Gasteiger partial charge >= 0.3 is 11.9 Å². The molecule has 0 aliphatic heterocycles. The molecular formula is C13H17ClN2O5. The average Bonchev–Trinajstić information content (AvgIpc) is 2.79. The molecule has 1 heterocycles. The van der Waals surface area contributed by atoms with Crippen molar-refractivity contribution < 1.29 is 24.2 Å². The monoisotopic (exact) mass is 316 g/mol. The third kappa shape index (κ3) is 4.49. The van der Waals surface area contributed by atoms with Gasteiger partial charge in [-0.15, -0.1) is 0 Å². The summed E-state index contributed by atoms with van der Waals surface area (Å²) in [6.45, 7) is 3.71. The molecule has 8 heteroatoms. The zero-order valence-electron chi connectivity index (χ0n) is 11.9. The fourth-order valence-corrected chi connectivity index (χ4v) is 1.95. The maximum atomic E-state index is 12.2. The van der Waals surface area contributed by atoms with Crippen molar-refractivity contribution in [2.24, 2.45) is 0 Å². The molecule has 0 aromatic carbocycles. The van der Waals surface area contributed by atoms with E-state index in [-0.39, 0.29) is 11.7 Å².